The van der Waals surface area contributed by atoms with Crippen molar-refractivity contribution in [2.24, 2.45) is 0 Å². The van der Waals surface area contributed by atoms with Crippen LogP contribution in [0.3, 0.4) is 0 Å². The highest BCUT2D eigenvalue weighted by molar-refractivity contribution is 5.65. The first-order valence-electron chi connectivity index (χ1n) is 4.06. The molecule has 0 amide bonds. The minimum atomic E-state index is -0.0487. The lowest BCUT2D eigenvalue weighted by Crippen LogP contribution is -2.27. The summed E-state index contributed by atoms with van der Waals surface area (Å²) in [5, 5.41) is 3.07. The van der Waals surface area contributed by atoms with Crippen LogP contribution in [0.5, 0.6) is 0 Å². The Balaban J connectivity index is 2.28. The van der Waals surface area contributed by atoms with E-state index in [2.05, 4.69) is 10.3 Å². The summed E-state index contributed by atoms with van der Waals surface area (Å²) in [5.74, 6) is 0.862. The maximum Gasteiger partial charge on any atom is 0.142 e. The molecule has 1 aromatic heterocycles. The maximum absolute atomic E-state index is 10.5. The molecule has 0 aromatic carbocycles. The molecule has 1 aliphatic heterocycles. The fourth-order valence-corrected chi connectivity index (χ4v) is 1.43. The second-order valence-corrected chi connectivity index (χ2v) is 2.94. The lowest BCUT2D eigenvalue weighted by atomic mass is 10.0. The van der Waals surface area contributed by atoms with Gasteiger partial charge in [-0.1, -0.05) is 6.07 Å². The standard InChI is InChI=1S/C9H10N2O/c12-6-8-4-3-7-2-1-5-10-9(7)11-8/h1-2,5-6,8H,3-4H2,(H,10,11). The number of carbonyl (C=O) groups is 1. The molecule has 0 spiro atoms. The molecule has 0 radical (unpaired) electrons. The molecular weight excluding hydrogens is 152 g/mol. The molecule has 0 aliphatic carbocycles. The number of rotatable bonds is 1. The van der Waals surface area contributed by atoms with Crippen LogP contribution in [0, 0.1) is 0 Å². The molecule has 2 rings (SSSR count). The topological polar surface area (TPSA) is 42.0 Å². The SMILES string of the molecule is O=CC1CCc2cccnc2N1. The van der Waals surface area contributed by atoms with Crippen LogP contribution in [-0.4, -0.2) is 17.3 Å². The Morgan fingerprint density at radius 3 is 3.42 bits per heavy atom. The number of fused-ring (bicyclic) bond motifs is 1. The molecule has 1 aliphatic rings. The number of anilines is 1. The Labute approximate surface area is 70.8 Å². The number of pyridine rings is 1. The predicted octanol–water partition coefficient (Wildman–Crippen LogP) is 1.01. The Morgan fingerprint density at radius 2 is 2.58 bits per heavy atom. The molecule has 62 valence electrons. The van der Waals surface area contributed by atoms with Gasteiger partial charge in [0, 0.05) is 6.20 Å². The van der Waals surface area contributed by atoms with Crippen molar-refractivity contribution in [3.8, 4) is 0 Å². The highest BCUT2D eigenvalue weighted by Gasteiger charge is 2.16. The predicted molar refractivity (Wildman–Crippen MR) is 46.0 cm³/mol. The van der Waals surface area contributed by atoms with Gasteiger partial charge in [0.25, 0.3) is 0 Å². The molecule has 2 heterocycles. The second-order valence-electron chi connectivity index (χ2n) is 2.94. The molecule has 1 aromatic rings. The summed E-state index contributed by atoms with van der Waals surface area (Å²) >= 11 is 0. The van der Waals surface area contributed by atoms with E-state index in [0.29, 0.717) is 0 Å². The molecule has 0 bridgehead atoms. The van der Waals surface area contributed by atoms with Gasteiger partial charge in [0.1, 0.15) is 12.1 Å². The number of aryl methyl sites for hydroxylation is 1. The van der Waals surface area contributed by atoms with Crippen molar-refractivity contribution in [1.29, 1.82) is 0 Å². The van der Waals surface area contributed by atoms with E-state index in [9.17, 15) is 4.79 Å². The van der Waals surface area contributed by atoms with Crippen molar-refractivity contribution in [3.05, 3.63) is 23.9 Å². The number of hydrogen-bond donors (Lipinski definition) is 1. The van der Waals surface area contributed by atoms with Crippen molar-refractivity contribution in [3.63, 3.8) is 0 Å². The van der Waals surface area contributed by atoms with E-state index in [-0.39, 0.29) is 6.04 Å². The van der Waals surface area contributed by atoms with Crippen LogP contribution in [0.2, 0.25) is 0 Å². The minimum Gasteiger partial charge on any atom is -0.360 e. The van der Waals surface area contributed by atoms with Crippen LogP contribution in [0.1, 0.15) is 12.0 Å². The number of carbonyl (C=O) groups excluding carboxylic acids is 1. The molecule has 3 nitrogen and oxygen atoms in total. The van der Waals surface area contributed by atoms with Gasteiger partial charge in [-0.15, -0.1) is 0 Å². The zero-order chi connectivity index (χ0) is 8.39. The summed E-state index contributed by atoms with van der Waals surface area (Å²) in [7, 11) is 0. The summed E-state index contributed by atoms with van der Waals surface area (Å²) in [6.45, 7) is 0. The molecule has 1 unspecified atom stereocenters. The van der Waals surface area contributed by atoms with E-state index in [1.807, 2.05) is 12.1 Å². The van der Waals surface area contributed by atoms with Crippen LogP contribution in [0.4, 0.5) is 5.82 Å². The van der Waals surface area contributed by atoms with Gasteiger partial charge in [0.15, 0.2) is 0 Å². The average Bonchev–Trinajstić information content (AvgIpc) is 2.17. The minimum absolute atomic E-state index is 0.0487. The van der Waals surface area contributed by atoms with Gasteiger partial charge < -0.3 is 10.1 Å². The number of nitrogens with zero attached hydrogens (tertiary/aromatic N) is 1. The zero-order valence-electron chi connectivity index (χ0n) is 6.66. The first kappa shape index (κ1) is 7.28. The van der Waals surface area contributed by atoms with Gasteiger partial charge in [-0.2, -0.15) is 0 Å². The first-order chi connectivity index (χ1) is 5.90. The van der Waals surface area contributed by atoms with Crippen LogP contribution in [0.15, 0.2) is 18.3 Å². The lowest BCUT2D eigenvalue weighted by molar-refractivity contribution is -0.108. The largest absolute Gasteiger partial charge is 0.360 e. The van der Waals surface area contributed by atoms with E-state index in [4.69, 9.17) is 0 Å². The molecular formula is C9H10N2O. The third-order valence-electron chi connectivity index (χ3n) is 2.10. The molecule has 3 heteroatoms. The first-order valence-corrected chi connectivity index (χ1v) is 4.06. The van der Waals surface area contributed by atoms with E-state index in [0.717, 1.165) is 24.9 Å². The van der Waals surface area contributed by atoms with E-state index in [1.54, 1.807) is 6.20 Å². The van der Waals surface area contributed by atoms with Crippen LogP contribution >= 0.6 is 0 Å². The van der Waals surface area contributed by atoms with Crippen molar-refractivity contribution in [2.75, 3.05) is 5.32 Å². The van der Waals surface area contributed by atoms with Crippen molar-refractivity contribution < 1.29 is 4.79 Å². The summed E-state index contributed by atoms with van der Waals surface area (Å²) in [6, 6.07) is 3.91. The van der Waals surface area contributed by atoms with Crippen molar-refractivity contribution in [1.82, 2.24) is 4.98 Å². The van der Waals surface area contributed by atoms with Gasteiger partial charge in [0.2, 0.25) is 0 Å². The number of aromatic nitrogens is 1. The molecule has 0 saturated carbocycles. The summed E-state index contributed by atoms with van der Waals surface area (Å²) in [5.41, 5.74) is 1.20. The van der Waals surface area contributed by atoms with E-state index in [1.165, 1.54) is 5.56 Å². The molecule has 0 saturated heterocycles. The highest BCUT2D eigenvalue weighted by atomic mass is 16.1. The Bertz CT molecular complexity index is 298. The number of aldehydes is 1. The molecule has 1 N–H and O–H groups in total. The Kier molecular flexibility index (Phi) is 1.78. The van der Waals surface area contributed by atoms with Gasteiger partial charge in [-0.3, -0.25) is 0 Å². The fraction of sp³-hybridized carbons (Fsp3) is 0.333. The Hall–Kier alpha value is -1.38. The normalized spacial score (nSPS) is 20.8. The van der Waals surface area contributed by atoms with Gasteiger partial charge >= 0.3 is 0 Å². The van der Waals surface area contributed by atoms with Crippen LogP contribution in [-0.2, 0) is 11.2 Å². The van der Waals surface area contributed by atoms with Crippen LogP contribution in [0.25, 0.3) is 0 Å². The smallest absolute Gasteiger partial charge is 0.142 e. The van der Waals surface area contributed by atoms with Gasteiger partial charge in [-0.25, -0.2) is 4.98 Å². The lowest BCUT2D eigenvalue weighted by Gasteiger charge is -2.21. The number of hydrogen-bond acceptors (Lipinski definition) is 3. The van der Waals surface area contributed by atoms with E-state index >= 15 is 0 Å². The summed E-state index contributed by atoms with van der Waals surface area (Å²) < 4.78 is 0. The van der Waals surface area contributed by atoms with Crippen molar-refractivity contribution in [2.45, 2.75) is 18.9 Å². The average molecular weight is 162 g/mol. The quantitative estimate of drug-likeness (QED) is 0.626. The van der Waals surface area contributed by atoms with Crippen LogP contribution < -0.4 is 5.32 Å². The second kappa shape index (κ2) is 2.93. The number of nitrogens with one attached hydrogen (secondary N) is 1. The summed E-state index contributed by atoms with van der Waals surface area (Å²) in [6.07, 6.45) is 4.50. The maximum atomic E-state index is 10.5. The monoisotopic (exact) mass is 162 g/mol. The van der Waals surface area contributed by atoms with Crippen molar-refractivity contribution >= 4 is 12.1 Å². The molecule has 12 heavy (non-hydrogen) atoms. The zero-order valence-corrected chi connectivity index (χ0v) is 6.66. The third kappa shape index (κ3) is 1.18. The third-order valence-corrected chi connectivity index (χ3v) is 2.10. The molecule has 1 atom stereocenters. The summed E-state index contributed by atoms with van der Waals surface area (Å²) in [4.78, 5) is 14.6. The molecule has 0 fully saturated rings. The fourth-order valence-electron chi connectivity index (χ4n) is 1.43. The Morgan fingerprint density at radius 1 is 1.67 bits per heavy atom. The van der Waals surface area contributed by atoms with E-state index < -0.39 is 0 Å². The van der Waals surface area contributed by atoms with Gasteiger partial charge in [0.05, 0.1) is 6.04 Å². The van der Waals surface area contributed by atoms with Gasteiger partial charge in [-0.05, 0) is 24.5 Å². The highest BCUT2D eigenvalue weighted by Crippen LogP contribution is 2.20.